The molecule has 10 heteroatoms. The smallest absolute Gasteiger partial charge is 0.336 e. The molecule has 0 spiro atoms. The second-order valence-electron chi connectivity index (χ2n) is 7.55. The summed E-state index contributed by atoms with van der Waals surface area (Å²) in [5, 5.41) is 12.7. The molecule has 1 saturated heterocycles. The van der Waals surface area contributed by atoms with Crippen molar-refractivity contribution in [2.24, 2.45) is 0 Å². The van der Waals surface area contributed by atoms with E-state index in [1.807, 2.05) is 0 Å². The van der Waals surface area contributed by atoms with E-state index in [0.717, 1.165) is 25.9 Å². The van der Waals surface area contributed by atoms with Crippen LogP contribution >= 0.6 is 11.6 Å². The fourth-order valence-corrected chi connectivity index (χ4v) is 3.96. The molecule has 1 amide bonds. The number of anilines is 1. The summed E-state index contributed by atoms with van der Waals surface area (Å²) in [5.74, 6) is -0.0533. The molecule has 0 aliphatic carbocycles. The van der Waals surface area contributed by atoms with E-state index in [2.05, 4.69) is 25.2 Å². The van der Waals surface area contributed by atoms with Crippen molar-refractivity contribution in [1.29, 1.82) is 0 Å². The topological polar surface area (TPSA) is 120 Å². The number of H-pyrrole nitrogens is 1. The van der Waals surface area contributed by atoms with E-state index in [1.165, 1.54) is 13.0 Å². The van der Waals surface area contributed by atoms with E-state index >= 15 is 0 Å². The summed E-state index contributed by atoms with van der Waals surface area (Å²) in [7, 11) is 0. The summed E-state index contributed by atoms with van der Waals surface area (Å²) >= 11 is 6.47. The number of hydrogen-bond acceptors (Lipinski definition) is 6. The zero-order valence-electron chi connectivity index (χ0n) is 17.1. The summed E-state index contributed by atoms with van der Waals surface area (Å²) in [6.45, 7) is 4.69. The lowest BCUT2D eigenvalue weighted by Crippen LogP contribution is -2.44. The Morgan fingerprint density at radius 3 is 2.68 bits per heavy atom. The number of nitrogens with zero attached hydrogens (tertiary/aromatic N) is 3. The molecule has 1 aliphatic heterocycles. The first-order chi connectivity index (χ1) is 14.8. The molecule has 3 heterocycles. The number of amides is 1. The van der Waals surface area contributed by atoms with Crippen molar-refractivity contribution in [3.8, 4) is 11.8 Å². The highest BCUT2D eigenvalue weighted by Crippen LogP contribution is 2.31. The first-order valence-corrected chi connectivity index (χ1v) is 10.3. The molecule has 31 heavy (non-hydrogen) atoms. The number of piperidine rings is 1. The second-order valence-corrected chi connectivity index (χ2v) is 7.96. The van der Waals surface area contributed by atoms with Crippen LogP contribution in [0.2, 0.25) is 5.02 Å². The molecule has 4 rings (SSSR count). The first kappa shape index (κ1) is 20.9. The van der Waals surface area contributed by atoms with Gasteiger partial charge in [-0.1, -0.05) is 17.7 Å². The Hall–Kier alpha value is -3.33. The van der Waals surface area contributed by atoms with Crippen molar-refractivity contribution in [1.82, 2.24) is 20.3 Å². The number of carbonyl (C=O) groups excluding carboxylic acids is 1. The van der Waals surface area contributed by atoms with Crippen LogP contribution in [0, 0.1) is 6.92 Å². The first-order valence-electron chi connectivity index (χ1n) is 9.90. The van der Waals surface area contributed by atoms with E-state index in [9.17, 15) is 14.7 Å². The molecule has 9 nitrogen and oxygen atoms in total. The molecule has 0 radical (unpaired) electrons. The fourth-order valence-electron chi connectivity index (χ4n) is 3.69. The lowest BCUT2D eigenvalue weighted by atomic mass is 10.1. The number of pyridine rings is 1. The molecule has 1 aromatic carbocycles. The van der Waals surface area contributed by atoms with E-state index in [4.69, 9.17) is 16.3 Å². The van der Waals surface area contributed by atoms with Crippen molar-refractivity contribution < 1.29 is 19.4 Å². The van der Waals surface area contributed by atoms with E-state index in [0.29, 0.717) is 33.3 Å². The number of carboxylic acid groups (broad SMARTS) is 1. The highest BCUT2D eigenvalue weighted by molar-refractivity contribution is 6.33. The highest BCUT2D eigenvalue weighted by Gasteiger charge is 2.23. The Morgan fingerprint density at radius 2 is 2.00 bits per heavy atom. The number of ether oxygens (including phenoxy) is 1. The maximum Gasteiger partial charge on any atom is 0.336 e. The number of carboxylic acids is 1. The maximum absolute atomic E-state index is 11.3. The molecule has 1 fully saturated rings. The minimum Gasteiger partial charge on any atom is -0.478 e. The third-order valence-electron chi connectivity index (χ3n) is 5.24. The van der Waals surface area contributed by atoms with E-state index in [1.54, 1.807) is 25.1 Å². The van der Waals surface area contributed by atoms with Gasteiger partial charge in [-0.25, -0.2) is 9.78 Å². The predicted octanol–water partition coefficient (Wildman–Crippen LogP) is 3.52. The number of aromatic nitrogens is 3. The number of aromatic carboxylic acids is 1. The molecule has 0 atom stereocenters. The lowest BCUT2D eigenvalue weighted by molar-refractivity contribution is -0.119. The maximum atomic E-state index is 11.3. The van der Waals surface area contributed by atoms with Crippen LogP contribution in [0.3, 0.4) is 0 Å². The Labute approximate surface area is 183 Å². The van der Waals surface area contributed by atoms with Crippen LogP contribution in [-0.4, -0.2) is 51.1 Å². The van der Waals surface area contributed by atoms with Crippen LogP contribution in [-0.2, 0) is 4.79 Å². The van der Waals surface area contributed by atoms with Crippen molar-refractivity contribution in [3.05, 3.63) is 40.4 Å². The Bertz CT molecular complexity index is 1150. The number of benzene rings is 1. The van der Waals surface area contributed by atoms with Gasteiger partial charge in [0.1, 0.15) is 11.6 Å². The monoisotopic (exact) mass is 443 g/mol. The number of aryl methyl sites for hydroxylation is 1. The van der Waals surface area contributed by atoms with Gasteiger partial charge in [0.2, 0.25) is 5.91 Å². The molecular formula is C21H22ClN5O4. The summed E-state index contributed by atoms with van der Waals surface area (Å²) in [4.78, 5) is 36.7. The van der Waals surface area contributed by atoms with Crippen LogP contribution in [0.4, 0.5) is 5.82 Å². The Kier molecular flexibility index (Phi) is 5.69. The van der Waals surface area contributed by atoms with Crippen molar-refractivity contribution in [2.45, 2.75) is 32.7 Å². The van der Waals surface area contributed by atoms with Gasteiger partial charge in [-0.3, -0.25) is 4.79 Å². The quantitative estimate of drug-likeness (QED) is 0.551. The SMILES string of the molecule is CC(=O)NC1CCN(c2nc3nc(Oc4ccc(C)c(C(=O)O)c4)[nH]c3cc2Cl)CC1. The fraction of sp³-hybridized carbons (Fsp3) is 0.333. The average molecular weight is 444 g/mol. The zero-order chi connectivity index (χ0) is 22.1. The zero-order valence-corrected chi connectivity index (χ0v) is 17.9. The largest absolute Gasteiger partial charge is 0.478 e. The summed E-state index contributed by atoms with van der Waals surface area (Å²) in [6.07, 6.45) is 1.62. The van der Waals surface area contributed by atoms with Gasteiger partial charge in [0.25, 0.3) is 0 Å². The Morgan fingerprint density at radius 1 is 1.26 bits per heavy atom. The number of carbonyl (C=O) groups is 2. The summed E-state index contributed by atoms with van der Waals surface area (Å²) < 4.78 is 5.72. The molecule has 162 valence electrons. The van der Waals surface area contributed by atoms with Crippen LogP contribution < -0.4 is 15.0 Å². The van der Waals surface area contributed by atoms with Gasteiger partial charge in [-0.05, 0) is 43.5 Å². The standard InChI is InChI=1S/C21H22ClN5O4/c1-11-3-4-14(9-15(11)20(29)30)31-21-24-17-10-16(22)19(25-18(17)26-21)27-7-5-13(6-8-27)23-12(2)28/h3-4,9-10,13H,5-8H2,1-2H3,(H,23,28)(H,29,30)(H,24,25,26). The predicted molar refractivity (Wildman–Crippen MR) is 116 cm³/mol. The van der Waals surface area contributed by atoms with Gasteiger partial charge in [-0.2, -0.15) is 4.98 Å². The number of imidazole rings is 1. The van der Waals surface area contributed by atoms with Crippen LogP contribution in [0.5, 0.6) is 11.8 Å². The molecule has 2 aromatic heterocycles. The minimum atomic E-state index is -1.02. The Balaban J connectivity index is 1.54. The summed E-state index contributed by atoms with van der Waals surface area (Å²) in [6, 6.07) is 6.92. The number of fused-ring (bicyclic) bond motifs is 1. The third kappa shape index (κ3) is 4.56. The molecular weight excluding hydrogens is 422 g/mol. The van der Waals surface area contributed by atoms with Crippen molar-refractivity contribution >= 4 is 40.5 Å². The molecule has 1 aliphatic rings. The van der Waals surface area contributed by atoms with Crippen LogP contribution in [0.25, 0.3) is 11.2 Å². The van der Waals surface area contributed by atoms with Crippen molar-refractivity contribution in [2.75, 3.05) is 18.0 Å². The molecule has 0 saturated carbocycles. The average Bonchev–Trinajstić information content (AvgIpc) is 3.10. The number of hydrogen-bond donors (Lipinski definition) is 3. The van der Waals surface area contributed by atoms with Crippen LogP contribution in [0.15, 0.2) is 24.3 Å². The van der Waals surface area contributed by atoms with E-state index in [-0.39, 0.29) is 23.5 Å². The van der Waals surface area contributed by atoms with Gasteiger partial charge >= 0.3 is 12.0 Å². The molecule has 0 bridgehead atoms. The van der Waals surface area contributed by atoms with E-state index < -0.39 is 5.97 Å². The lowest BCUT2D eigenvalue weighted by Gasteiger charge is -2.33. The van der Waals surface area contributed by atoms with Gasteiger partial charge in [0, 0.05) is 26.1 Å². The number of rotatable bonds is 5. The number of aromatic amines is 1. The number of halogens is 1. The normalized spacial score (nSPS) is 14.6. The minimum absolute atomic E-state index is 0.0240. The van der Waals surface area contributed by atoms with Crippen molar-refractivity contribution in [3.63, 3.8) is 0 Å². The highest BCUT2D eigenvalue weighted by atomic mass is 35.5. The summed E-state index contributed by atoms with van der Waals surface area (Å²) in [5.41, 5.74) is 1.87. The van der Waals surface area contributed by atoms with Gasteiger partial charge in [0.05, 0.1) is 16.1 Å². The van der Waals surface area contributed by atoms with Crippen LogP contribution in [0.1, 0.15) is 35.7 Å². The number of nitrogens with one attached hydrogen (secondary N) is 2. The second kappa shape index (κ2) is 8.43. The molecule has 0 unspecified atom stereocenters. The molecule has 3 N–H and O–H groups in total. The van der Waals surface area contributed by atoms with Gasteiger partial charge in [-0.15, -0.1) is 0 Å². The third-order valence-corrected chi connectivity index (χ3v) is 5.52. The van der Waals surface area contributed by atoms with Gasteiger partial charge < -0.3 is 25.0 Å². The molecule has 3 aromatic rings. The van der Waals surface area contributed by atoms with Gasteiger partial charge in [0.15, 0.2) is 5.65 Å².